The van der Waals surface area contributed by atoms with Crippen molar-refractivity contribution in [3.8, 4) is 0 Å². The maximum absolute atomic E-state index is 13.4. The van der Waals surface area contributed by atoms with Crippen LogP contribution in [0.4, 0.5) is 5.69 Å². The Morgan fingerprint density at radius 2 is 1.72 bits per heavy atom. The summed E-state index contributed by atoms with van der Waals surface area (Å²) in [6.07, 6.45) is 1.04. The van der Waals surface area contributed by atoms with Gasteiger partial charge < -0.3 is 10.2 Å². The van der Waals surface area contributed by atoms with E-state index >= 15 is 0 Å². The van der Waals surface area contributed by atoms with Crippen molar-refractivity contribution in [2.75, 3.05) is 17.1 Å². The smallest absolute Gasteiger partial charge is 0.244 e. The fourth-order valence-corrected chi connectivity index (χ4v) is 4.37. The van der Waals surface area contributed by atoms with Gasteiger partial charge in [0.15, 0.2) is 0 Å². The summed E-state index contributed by atoms with van der Waals surface area (Å²) in [5.74, 6) is -0.826. The molecule has 7 nitrogen and oxygen atoms in total. The van der Waals surface area contributed by atoms with Crippen molar-refractivity contribution in [1.29, 1.82) is 0 Å². The monoisotopic (exact) mass is 543 g/mol. The molecule has 0 saturated heterocycles. The summed E-state index contributed by atoms with van der Waals surface area (Å²) in [6.45, 7) is 4.96. The predicted molar refractivity (Wildman–Crippen MR) is 131 cm³/mol. The van der Waals surface area contributed by atoms with Gasteiger partial charge in [0.25, 0.3) is 0 Å². The standard InChI is InChI=1S/C22H27BrClN3O4S/c1-15(2)25-22(29)16(3)26(13-17-8-10-19(24)11-9-17)21(28)14-27(32(4,30)31)20-7-5-6-18(23)12-20/h5-12,15-16H,13-14H2,1-4H3,(H,25,29)/t16-/m1/s1. The average molecular weight is 545 g/mol. The number of anilines is 1. The van der Waals surface area contributed by atoms with Crippen molar-refractivity contribution in [2.45, 2.75) is 39.4 Å². The van der Waals surface area contributed by atoms with E-state index < -0.39 is 28.5 Å². The van der Waals surface area contributed by atoms with Gasteiger partial charge in [-0.3, -0.25) is 13.9 Å². The zero-order chi connectivity index (χ0) is 24.1. The summed E-state index contributed by atoms with van der Waals surface area (Å²) in [5.41, 5.74) is 1.11. The molecular weight excluding hydrogens is 518 g/mol. The predicted octanol–water partition coefficient (Wildman–Crippen LogP) is 3.81. The van der Waals surface area contributed by atoms with Gasteiger partial charge in [0.1, 0.15) is 12.6 Å². The number of nitrogens with zero attached hydrogens (tertiary/aromatic N) is 2. The first-order chi connectivity index (χ1) is 14.9. The molecule has 0 aliphatic rings. The molecule has 0 fully saturated rings. The van der Waals surface area contributed by atoms with Crippen LogP contribution in [0.15, 0.2) is 53.0 Å². The van der Waals surface area contributed by atoms with E-state index in [0.717, 1.165) is 16.1 Å². The van der Waals surface area contributed by atoms with Crippen molar-refractivity contribution in [1.82, 2.24) is 10.2 Å². The van der Waals surface area contributed by atoms with Gasteiger partial charge in [-0.25, -0.2) is 8.42 Å². The van der Waals surface area contributed by atoms with Gasteiger partial charge in [-0.2, -0.15) is 0 Å². The normalized spacial score (nSPS) is 12.3. The summed E-state index contributed by atoms with van der Waals surface area (Å²) in [5, 5.41) is 3.35. The molecule has 0 bridgehead atoms. The lowest BCUT2D eigenvalue weighted by Crippen LogP contribution is -2.52. The number of hydrogen-bond donors (Lipinski definition) is 1. The number of benzene rings is 2. The zero-order valence-corrected chi connectivity index (χ0v) is 21.5. The van der Waals surface area contributed by atoms with Crippen LogP contribution in [0, 0.1) is 0 Å². The van der Waals surface area contributed by atoms with Crippen LogP contribution in [0.25, 0.3) is 0 Å². The first kappa shape index (κ1) is 26.2. The Labute approximate surface area is 202 Å². The van der Waals surface area contributed by atoms with E-state index in [-0.39, 0.29) is 18.5 Å². The fourth-order valence-electron chi connectivity index (χ4n) is 3.02. The largest absolute Gasteiger partial charge is 0.352 e. The molecule has 174 valence electrons. The molecule has 0 aliphatic carbocycles. The third-order valence-electron chi connectivity index (χ3n) is 4.64. The van der Waals surface area contributed by atoms with E-state index in [1.165, 1.54) is 4.90 Å². The Kier molecular flexibility index (Phi) is 9.12. The van der Waals surface area contributed by atoms with Crippen molar-refractivity contribution in [2.24, 2.45) is 0 Å². The lowest BCUT2D eigenvalue weighted by molar-refractivity contribution is -0.139. The van der Waals surface area contributed by atoms with Crippen LogP contribution in [-0.2, 0) is 26.2 Å². The molecule has 10 heteroatoms. The lowest BCUT2D eigenvalue weighted by Gasteiger charge is -2.32. The quantitative estimate of drug-likeness (QED) is 0.520. The van der Waals surface area contributed by atoms with Crippen molar-refractivity contribution >= 4 is 55.1 Å². The molecule has 32 heavy (non-hydrogen) atoms. The molecule has 0 aromatic heterocycles. The molecule has 2 aromatic rings. The SMILES string of the molecule is CC(C)NC(=O)[C@@H](C)N(Cc1ccc(Cl)cc1)C(=O)CN(c1cccc(Br)c1)S(C)(=O)=O. The molecule has 1 atom stereocenters. The van der Waals surface area contributed by atoms with Gasteiger partial charge >= 0.3 is 0 Å². The van der Waals surface area contributed by atoms with Gasteiger partial charge in [0, 0.05) is 22.1 Å². The first-order valence-corrected chi connectivity index (χ1v) is 13.0. The molecule has 0 saturated carbocycles. The second-order valence-corrected chi connectivity index (χ2v) is 11.0. The van der Waals surface area contributed by atoms with Crippen molar-refractivity contribution in [3.63, 3.8) is 0 Å². The zero-order valence-electron chi connectivity index (χ0n) is 18.4. The number of halogens is 2. The Bertz CT molecular complexity index is 1060. The Morgan fingerprint density at radius 3 is 2.25 bits per heavy atom. The molecule has 0 aliphatic heterocycles. The average Bonchev–Trinajstić information content (AvgIpc) is 2.69. The van der Waals surface area contributed by atoms with Crippen LogP contribution >= 0.6 is 27.5 Å². The summed E-state index contributed by atoms with van der Waals surface area (Å²) in [4.78, 5) is 27.4. The topological polar surface area (TPSA) is 86.8 Å². The van der Waals surface area contributed by atoms with Gasteiger partial charge in [-0.15, -0.1) is 0 Å². The van der Waals surface area contributed by atoms with E-state index in [9.17, 15) is 18.0 Å². The molecule has 0 spiro atoms. The fraction of sp³-hybridized carbons (Fsp3) is 0.364. The lowest BCUT2D eigenvalue weighted by atomic mass is 10.1. The van der Waals surface area contributed by atoms with Gasteiger partial charge in [0.05, 0.1) is 11.9 Å². The van der Waals surface area contributed by atoms with Gasteiger partial charge in [0.2, 0.25) is 21.8 Å². The van der Waals surface area contributed by atoms with E-state index in [0.29, 0.717) is 15.2 Å². The van der Waals surface area contributed by atoms with Crippen LogP contribution in [0.2, 0.25) is 5.02 Å². The molecule has 2 rings (SSSR count). The first-order valence-electron chi connectivity index (χ1n) is 9.96. The van der Waals surface area contributed by atoms with E-state index in [1.807, 2.05) is 13.8 Å². The molecule has 2 aromatic carbocycles. The third kappa shape index (κ3) is 7.50. The highest BCUT2D eigenvalue weighted by atomic mass is 79.9. The van der Waals surface area contributed by atoms with Gasteiger partial charge in [-0.1, -0.05) is 45.7 Å². The van der Waals surface area contributed by atoms with Crippen LogP contribution in [0.5, 0.6) is 0 Å². The number of hydrogen-bond acceptors (Lipinski definition) is 4. The molecule has 0 unspecified atom stereocenters. The maximum Gasteiger partial charge on any atom is 0.244 e. The third-order valence-corrected chi connectivity index (χ3v) is 6.53. The minimum absolute atomic E-state index is 0.105. The number of carbonyl (C=O) groups is 2. The summed E-state index contributed by atoms with van der Waals surface area (Å²) in [6, 6.07) is 12.7. The number of carbonyl (C=O) groups excluding carboxylic acids is 2. The van der Waals surface area contributed by atoms with Crippen LogP contribution < -0.4 is 9.62 Å². The minimum atomic E-state index is -3.76. The molecule has 2 amide bonds. The Balaban J connectivity index is 2.38. The van der Waals surface area contributed by atoms with E-state index in [2.05, 4.69) is 21.2 Å². The minimum Gasteiger partial charge on any atom is -0.352 e. The van der Waals surface area contributed by atoms with Crippen LogP contribution in [-0.4, -0.2) is 50.0 Å². The number of rotatable bonds is 9. The van der Waals surface area contributed by atoms with Gasteiger partial charge in [-0.05, 0) is 56.7 Å². The number of nitrogens with one attached hydrogen (secondary N) is 1. The number of amides is 2. The summed E-state index contributed by atoms with van der Waals surface area (Å²) >= 11 is 9.29. The highest BCUT2D eigenvalue weighted by Gasteiger charge is 2.30. The van der Waals surface area contributed by atoms with Crippen molar-refractivity contribution < 1.29 is 18.0 Å². The van der Waals surface area contributed by atoms with E-state index in [1.54, 1.807) is 55.5 Å². The summed E-state index contributed by atoms with van der Waals surface area (Å²) in [7, 11) is -3.76. The summed E-state index contributed by atoms with van der Waals surface area (Å²) < 4.78 is 26.7. The Morgan fingerprint density at radius 1 is 1.09 bits per heavy atom. The number of sulfonamides is 1. The Hall–Kier alpha value is -2.10. The molecule has 0 heterocycles. The van der Waals surface area contributed by atoms with Crippen molar-refractivity contribution in [3.05, 3.63) is 63.6 Å². The second-order valence-electron chi connectivity index (χ2n) is 7.74. The molecular formula is C22H27BrClN3O4S. The van der Waals surface area contributed by atoms with Crippen LogP contribution in [0.1, 0.15) is 26.3 Å². The highest BCUT2D eigenvalue weighted by molar-refractivity contribution is 9.10. The molecule has 1 N–H and O–H groups in total. The maximum atomic E-state index is 13.4. The second kappa shape index (κ2) is 11.2. The highest BCUT2D eigenvalue weighted by Crippen LogP contribution is 2.23. The van der Waals surface area contributed by atoms with E-state index in [4.69, 9.17) is 11.6 Å². The van der Waals surface area contributed by atoms with Crippen LogP contribution in [0.3, 0.4) is 0 Å². The molecule has 0 radical (unpaired) electrons.